The predicted octanol–water partition coefficient (Wildman–Crippen LogP) is 0.379. The Morgan fingerprint density at radius 2 is 2.06 bits per heavy atom. The zero-order valence-electron chi connectivity index (χ0n) is 10.0. The highest BCUT2D eigenvalue weighted by Crippen LogP contribution is 2.20. The number of nitro benzene ring substituents is 1. The van der Waals surface area contributed by atoms with Gasteiger partial charge in [0.1, 0.15) is 0 Å². The molecular weight excluding hydrogens is 238 g/mol. The van der Waals surface area contributed by atoms with Crippen molar-refractivity contribution in [2.24, 2.45) is 0 Å². The molecule has 0 aliphatic rings. The van der Waals surface area contributed by atoms with E-state index in [0.29, 0.717) is 0 Å². The largest absolute Gasteiger partial charge is 0.358 e. The molecule has 0 saturated carbocycles. The highest BCUT2D eigenvalue weighted by Gasteiger charge is 2.17. The van der Waals surface area contributed by atoms with E-state index in [0.717, 1.165) is 0 Å². The smallest absolute Gasteiger partial charge is 0.273 e. The summed E-state index contributed by atoms with van der Waals surface area (Å²) in [5, 5.41) is 15.5. The van der Waals surface area contributed by atoms with Gasteiger partial charge in [-0.05, 0) is 13.0 Å². The zero-order valence-corrected chi connectivity index (χ0v) is 10.0. The molecule has 2 amide bonds. The lowest BCUT2D eigenvalue weighted by Crippen LogP contribution is -2.35. The first-order chi connectivity index (χ1) is 8.47. The van der Waals surface area contributed by atoms with Crippen molar-refractivity contribution in [3.05, 3.63) is 39.4 Å². The van der Waals surface area contributed by atoms with Crippen molar-refractivity contribution >= 4 is 17.5 Å². The number of nitrogens with one attached hydrogen (secondary N) is 2. The summed E-state index contributed by atoms with van der Waals surface area (Å²) in [6.07, 6.45) is 0. The SMILES string of the molecule is CNC(=O)CNC(=O)c1cccc([N+](=O)[O-])c1C. The second-order valence-corrected chi connectivity index (χ2v) is 3.56. The van der Waals surface area contributed by atoms with Crippen molar-refractivity contribution in [3.63, 3.8) is 0 Å². The Morgan fingerprint density at radius 1 is 1.39 bits per heavy atom. The maximum absolute atomic E-state index is 11.7. The molecule has 18 heavy (non-hydrogen) atoms. The van der Waals surface area contributed by atoms with E-state index in [1.807, 2.05) is 0 Å². The normalized spacial score (nSPS) is 9.67. The van der Waals surface area contributed by atoms with Gasteiger partial charge >= 0.3 is 0 Å². The van der Waals surface area contributed by atoms with Gasteiger partial charge in [0.05, 0.1) is 11.5 Å². The van der Waals surface area contributed by atoms with Gasteiger partial charge in [0.25, 0.3) is 11.6 Å². The minimum absolute atomic E-state index is 0.123. The maximum Gasteiger partial charge on any atom is 0.273 e. The molecule has 0 aromatic heterocycles. The van der Waals surface area contributed by atoms with Crippen LogP contribution >= 0.6 is 0 Å². The van der Waals surface area contributed by atoms with Crippen molar-refractivity contribution in [3.8, 4) is 0 Å². The molecule has 1 aromatic carbocycles. The van der Waals surface area contributed by atoms with Crippen LogP contribution in [0.25, 0.3) is 0 Å². The van der Waals surface area contributed by atoms with Crippen LogP contribution in [0.3, 0.4) is 0 Å². The Kier molecular flexibility index (Phi) is 4.36. The van der Waals surface area contributed by atoms with E-state index in [2.05, 4.69) is 10.6 Å². The van der Waals surface area contributed by atoms with Crippen LogP contribution in [-0.4, -0.2) is 30.3 Å². The fraction of sp³-hybridized carbons (Fsp3) is 0.273. The van der Waals surface area contributed by atoms with Crippen molar-refractivity contribution in [1.29, 1.82) is 0 Å². The molecule has 1 rings (SSSR count). The molecule has 7 heteroatoms. The van der Waals surface area contributed by atoms with Gasteiger partial charge in [-0.15, -0.1) is 0 Å². The number of likely N-dealkylation sites (N-methyl/N-ethyl adjacent to an activating group) is 1. The van der Waals surface area contributed by atoms with Crippen molar-refractivity contribution < 1.29 is 14.5 Å². The number of hydrogen-bond acceptors (Lipinski definition) is 4. The van der Waals surface area contributed by atoms with Crippen LogP contribution in [0, 0.1) is 17.0 Å². The van der Waals surface area contributed by atoms with Gasteiger partial charge in [-0.2, -0.15) is 0 Å². The van der Waals surface area contributed by atoms with Gasteiger partial charge < -0.3 is 10.6 Å². The fourth-order valence-electron chi connectivity index (χ4n) is 1.41. The Hall–Kier alpha value is -2.44. The summed E-state index contributed by atoms with van der Waals surface area (Å²) in [7, 11) is 1.45. The van der Waals surface area contributed by atoms with Crippen LogP contribution in [0.1, 0.15) is 15.9 Å². The summed E-state index contributed by atoms with van der Waals surface area (Å²) in [4.78, 5) is 32.9. The number of carbonyl (C=O) groups excluding carboxylic acids is 2. The maximum atomic E-state index is 11.7. The van der Waals surface area contributed by atoms with E-state index in [9.17, 15) is 19.7 Å². The molecule has 0 heterocycles. The summed E-state index contributed by atoms with van der Waals surface area (Å²) < 4.78 is 0. The van der Waals surface area contributed by atoms with Crippen LogP contribution in [-0.2, 0) is 4.79 Å². The van der Waals surface area contributed by atoms with Crippen LogP contribution < -0.4 is 10.6 Å². The molecule has 2 N–H and O–H groups in total. The lowest BCUT2D eigenvalue weighted by Gasteiger charge is -2.07. The second-order valence-electron chi connectivity index (χ2n) is 3.56. The van der Waals surface area contributed by atoms with Gasteiger partial charge in [-0.3, -0.25) is 19.7 Å². The molecule has 0 unspecified atom stereocenters. The first-order valence-electron chi connectivity index (χ1n) is 5.20. The summed E-state index contributed by atoms with van der Waals surface area (Å²) in [6.45, 7) is 1.32. The van der Waals surface area contributed by atoms with E-state index in [1.165, 1.54) is 32.2 Å². The van der Waals surface area contributed by atoms with E-state index in [1.54, 1.807) is 0 Å². The summed E-state index contributed by atoms with van der Waals surface area (Å²) in [5.41, 5.74) is 0.340. The number of hydrogen-bond donors (Lipinski definition) is 2. The monoisotopic (exact) mass is 251 g/mol. The van der Waals surface area contributed by atoms with Crippen molar-refractivity contribution in [1.82, 2.24) is 10.6 Å². The van der Waals surface area contributed by atoms with E-state index in [-0.39, 0.29) is 29.3 Å². The van der Waals surface area contributed by atoms with Crippen LogP contribution in [0.5, 0.6) is 0 Å². The third-order valence-electron chi connectivity index (χ3n) is 2.43. The van der Waals surface area contributed by atoms with Crippen molar-refractivity contribution in [2.75, 3.05) is 13.6 Å². The highest BCUT2D eigenvalue weighted by atomic mass is 16.6. The molecule has 0 atom stereocenters. The van der Waals surface area contributed by atoms with Gasteiger partial charge in [0, 0.05) is 24.2 Å². The van der Waals surface area contributed by atoms with Gasteiger partial charge in [0.15, 0.2) is 0 Å². The van der Waals surface area contributed by atoms with Gasteiger partial charge in [-0.1, -0.05) is 6.07 Å². The first kappa shape index (κ1) is 13.6. The second kappa shape index (κ2) is 5.76. The molecule has 96 valence electrons. The van der Waals surface area contributed by atoms with E-state index in [4.69, 9.17) is 0 Å². The topological polar surface area (TPSA) is 101 Å². The third-order valence-corrected chi connectivity index (χ3v) is 2.43. The molecule has 0 radical (unpaired) electrons. The standard InChI is InChI=1S/C11H13N3O4/c1-7-8(4-3-5-9(7)14(17)18)11(16)13-6-10(15)12-2/h3-5H,6H2,1-2H3,(H,12,15)(H,13,16). The lowest BCUT2D eigenvalue weighted by molar-refractivity contribution is -0.385. The van der Waals surface area contributed by atoms with Gasteiger partial charge in [-0.25, -0.2) is 0 Å². The number of nitro groups is 1. The van der Waals surface area contributed by atoms with Crippen LogP contribution in [0.4, 0.5) is 5.69 Å². The number of amides is 2. The Bertz CT molecular complexity index is 499. The van der Waals surface area contributed by atoms with Crippen LogP contribution in [0.15, 0.2) is 18.2 Å². The molecule has 7 nitrogen and oxygen atoms in total. The fourth-order valence-corrected chi connectivity index (χ4v) is 1.41. The summed E-state index contributed by atoms with van der Waals surface area (Å²) >= 11 is 0. The van der Waals surface area contributed by atoms with E-state index >= 15 is 0 Å². The molecule has 0 aliphatic carbocycles. The zero-order chi connectivity index (χ0) is 13.7. The van der Waals surface area contributed by atoms with Crippen LogP contribution in [0.2, 0.25) is 0 Å². The number of benzene rings is 1. The molecule has 0 aliphatic heterocycles. The Morgan fingerprint density at radius 3 is 2.61 bits per heavy atom. The van der Waals surface area contributed by atoms with Crippen molar-refractivity contribution in [2.45, 2.75) is 6.92 Å². The minimum Gasteiger partial charge on any atom is -0.358 e. The minimum atomic E-state index is -0.551. The molecule has 0 spiro atoms. The Balaban J connectivity index is 2.90. The summed E-state index contributed by atoms with van der Waals surface area (Å²) in [5.74, 6) is -0.855. The Labute approximate surface area is 103 Å². The quantitative estimate of drug-likeness (QED) is 0.596. The third kappa shape index (κ3) is 3.03. The molecular formula is C11H13N3O4. The van der Waals surface area contributed by atoms with Gasteiger partial charge in [0.2, 0.25) is 5.91 Å². The predicted molar refractivity (Wildman–Crippen MR) is 64.2 cm³/mol. The lowest BCUT2D eigenvalue weighted by atomic mass is 10.1. The molecule has 0 bridgehead atoms. The number of nitrogens with zero attached hydrogens (tertiary/aromatic N) is 1. The highest BCUT2D eigenvalue weighted by molar-refractivity contribution is 5.98. The summed E-state index contributed by atoms with van der Waals surface area (Å²) in [6, 6.07) is 4.23. The molecule has 1 aromatic rings. The van der Waals surface area contributed by atoms with E-state index < -0.39 is 10.8 Å². The number of rotatable bonds is 4. The molecule has 0 saturated heterocycles. The average molecular weight is 251 g/mol. The first-order valence-corrected chi connectivity index (χ1v) is 5.20. The average Bonchev–Trinajstić information content (AvgIpc) is 2.35. The number of carbonyl (C=O) groups is 2. The molecule has 0 fully saturated rings.